The van der Waals surface area contributed by atoms with Crippen LogP contribution in [-0.4, -0.2) is 27.4 Å². The molecule has 0 bridgehead atoms. The lowest BCUT2D eigenvalue weighted by atomic mass is 10.3. The molecule has 0 fully saturated rings. The summed E-state index contributed by atoms with van der Waals surface area (Å²) in [5.41, 5.74) is 0. The maximum atomic E-state index is 12.9. The molecule has 0 saturated carbocycles. The molecule has 5 heteroatoms. The number of benzene rings is 1. The predicted molar refractivity (Wildman–Crippen MR) is 54.9 cm³/mol. The van der Waals surface area contributed by atoms with Gasteiger partial charge >= 0.3 is 0 Å². The lowest BCUT2D eigenvalue weighted by molar-refractivity contribution is 0.200. The quantitative estimate of drug-likeness (QED) is 0.792. The molecule has 1 aromatic rings. The minimum Gasteiger partial charge on any atom is -0.383 e. The molecule has 1 aromatic carbocycles. The largest absolute Gasteiger partial charge is 0.383 e. The van der Waals surface area contributed by atoms with Crippen molar-refractivity contribution in [2.24, 2.45) is 0 Å². The topological polar surface area (TPSA) is 43.4 Å². The predicted octanol–water partition coefficient (Wildman–Crippen LogP) is 1.63. The monoisotopic (exact) mass is 232 g/mol. The van der Waals surface area contributed by atoms with Crippen LogP contribution < -0.4 is 0 Å². The molecule has 0 N–H and O–H groups in total. The van der Waals surface area contributed by atoms with Crippen LogP contribution in [0.25, 0.3) is 0 Å². The third-order valence-electron chi connectivity index (χ3n) is 2.06. The Hall–Kier alpha value is -0.940. The van der Waals surface area contributed by atoms with E-state index >= 15 is 0 Å². The molecule has 1 rings (SSSR count). The van der Waals surface area contributed by atoms with Crippen LogP contribution in [0.2, 0.25) is 0 Å². The van der Waals surface area contributed by atoms with Gasteiger partial charge in [0.15, 0.2) is 9.84 Å². The van der Waals surface area contributed by atoms with Gasteiger partial charge in [0.05, 0.1) is 16.8 Å². The van der Waals surface area contributed by atoms with Crippen molar-refractivity contribution in [2.75, 3.05) is 13.7 Å². The van der Waals surface area contributed by atoms with Gasteiger partial charge in [-0.1, -0.05) is 6.07 Å². The van der Waals surface area contributed by atoms with Crippen molar-refractivity contribution in [2.45, 2.75) is 17.1 Å². The second-order valence-electron chi connectivity index (χ2n) is 3.27. The Balaban J connectivity index is 3.06. The second kappa shape index (κ2) is 4.72. The number of halogens is 1. The van der Waals surface area contributed by atoms with Gasteiger partial charge < -0.3 is 4.74 Å². The summed E-state index contributed by atoms with van der Waals surface area (Å²) in [6.45, 7) is 1.63. The third-order valence-corrected chi connectivity index (χ3v) is 4.16. The van der Waals surface area contributed by atoms with E-state index in [1.165, 1.54) is 32.2 Å². The zero-order chi connectivity index (χ0) is 11.5. The Kier molecular flexibility index (Phi) is 3.82. The van der Waals surface area contributed by atoms with Crippen LogP contribution in [0.1, 0.15) is 6.92 Å². The van der Waals surface area contributed by atoms with Gasteiger partial charge in [-0.3, -0.25) is 0 Å². The molecule has 15 heavy (non-hydrogen) atoms. The number of rotatable bonds is 4. The molecule has 3 nitrogen and oxygen atoms in total. The maximum Gasteiger partial charge on any atom is 0.183 e. The van der Waals surface area contributed by atoms with Crippen molar-refractivity contribution in [1.82, 2.24) is 0 Å². The Bertz CT molecular complexity index is 428. The fourth-order valence-corrected chi connectivity index (χ4v) is 2.53. The molecule has 0 aliphatic rings. The number of ether oxygens (including phenoxy) is 1. The van der Waals surface area contributed by atoms with Gasteiger partial charge in [-0.2, -0.15) is 0 Å². The highest BCUT2D eigenvalue weighted by Crippen LogP contribution is 2.16. The molecule has 1 atom stereocenters. The van der Waals surface area contributed by atoms with E-state index in [0.717, 1.165) is 6.07 Å². The van der Waals surface area contributed by atoms with Gasteiger partial charge in [-0.25, -0.2) is 12.8 Å². The van der Waals surface area contributed by atoms with Gasteiger partial charge in [-0.15, -0.1) is 0 Å². The van der Waals surface area contributed by atoms with E-state index in [0.29, 0.717) is 0 Å². The highest BCUT2D eigenvalue weighted by molar-refractivity contribution is 7.92. The van der Waals surface area contributed by atoms with Crippen LogP contribution in [0.15, 0.2) is 29.2 Å². The van der Waals surface area contributed by atoms with E-state index in [-0.39, 0.29) is 11.5 Å². The molecule has 1 unspecified atom stereocenters. The van der Waals surface area contributed by atoms with Gasteiger partial charge in [0.2, 0.25) is 0 Å². The van der Waals surface area contributed by atoms with Crippen LogP contribution >= 0.6 is 0 Å². The molecule has 0 radical (unpaired) electrons. The van der Waals surface area contributed by atoms with Gasteiger partial charge in [0, 0.05) is 7.11 Å². The van der Waals surface area contributed by atoms with E-state index < -0.39 is 20.9 Å². The normalized spacial score (nSPS) is 13.8. The summed E-state index contributed by atoms with van der Waals surface area (Å²) in [6.07, 6.45) is 0. The smallest absolute Gasteiger partial charge is 0.183 e. The number of hydrogen-bond donors (Lipinski definition) is 0. The average Bonchev–Trinajstić information content (AvgIpc) is 2.18. The van der Waals surface area contributed by atoms with E-state index in [4.69, 9.17) is 4.74 Å². The first-order chi connectivity index (χ1) is 6.98. The zero-order valence-electron chi connectivity index (χ0n) is 8.60. The summed E-state index contributed by atoms with van der Waals surface area (Å²) in [7, 11) is -2.06. The van der Waals surface area contributed by atoms with E-state index in [1.54, 1.807) is 0 Å². The minimum atomic E-state index is -3.49. The fourth-order valence-electron chi connectivity index (χ4n) is 1.20. The molecular weight excluding hydrogens is 219 g/mol. The molecule has 0 aliphatic carbocycles. The second-order valence-corrected chi connectivity index (χ2v) is 5.63. The van der Waals surface area contributed by atoms with Gasteiger partial charge in [0.1, 0.15) is 5.82 Å². The zero-order valence-corrected chi connectivity index (χ0v) is 9.42. The molecule has 0 aliphatic heterocycles. The molecule has 0 spiro atoms. The van der Waals surface area contributed by atoms with E-state index in [9.17, 15) is 12.8 Å². The summed E-state index contributed by atoms with van der Waals surface area (Å²) in [6, 6.07) is 4.98. The third kappa shape index (κ3) is 2.76. The fraction of sp³-hybridized carbons (Fsp3) is 0.400. The summed E-state index contributed by atoms with van der Waals surface area (Å²) < 4.78 is 41.3. The molecule has 0 aromatic heterocycles. The number of methoxy groups -OCH3 is 1. The Morgan fingerprint density at radius 2 is 2.13 bits per heavy atom. The Morgan fingerprint density at radius 1 is 1.47 bits per heavy atom. The molecular formula is C10H13FO3S. The number of sulfone groups is 1. The summed E-state index contributed by atoms with van der Waals surface area (Å²) in [5, 5.41) is -0.677. The highest BCUT2D eigenvalue weighted by atomic mass is 32.2. The van der Waals surface area contributed by atoms with Crippen LogP contribution in [0.4, 0.5) is 4.39 Å². The molecule has 84 valence electrons. The first-order valence-electron chi connectivity index (χ1n) is 4.47. The summed E-state index contributed by atoms with van der Waals surface area (Å²) in [4.78, 5) is -0.00736. The van der Waals surface area contributed by atoms with Crippen molar-refractivity contribution < 1.29 is 17.5 Å². The van der Waals surface area contributed by atoms with Crippen LogP contribution in [-0.2, 0) is 14.6 Å². The first kappa shape index (κ1) is 12.1. The van der Waals surface area contributed by atoms with E-state index in [1.807, 2.05) is 0 Å². The van der Waals surface area contributed by atoms with Crippen molar-refractivity contribution in [3.8, 4) is 0 Å². The summed E-state index contributed by atoms with van der Waals surface area (Å²) >= 11 is 0. The molecule has 0 heterocycles. The SMILES string of the molecule is COCC(C)S(=O)(=O)c1cccc(F)c1. The molecule has 0 amide bonds. The number of hydrogen-bond acceptors (Lipinski definition) is 3. The van der Waals surface area contributed by atoms with Gasteiger partial charge in [0.25, 0.3) is 0 Å². The van der Waals surface area contributed by atoms with Gasteiger partial charge in [-0.05, 0) is 25.1 Å². The average molecular weight is 232 g/mol. The lowest BCUT2D eigenvalue weighted by Gasteiger charge is -2.11. The van der Waals surface area contributed by atoms with Crippen LogP contribution in [0, 0.1) is 5.82 Å². The Labute approximate surface area is 88.8 Å². The van der Waals surface area contributed by atoms with Crippen molar-refractivity contribution in [3.63, 3.8) is 0 Å². The van der Waals surface area contributed by atoms with Crippen LogP contribution in [0.5, 0.6) is 0 Å². The standard InChI is InChI=1S/C10H13FO3S/c1-8(7-14-2)15(12,13)10-5-3-4-9(11)6-10/h3-6,8H,7H2,1-2H3. The van der Waals surface area contributed by atoms with Crippen molar-refractivity contribution >= 4 is 9.84 Å². The minimum absolute atomic E-state index is 0.00736. The summed E-state index contributed by atoms with van der Waals surface area (Å²) in [5.74, 6) is -0.555. The van der Waals surface area contributed by atoms with Crippen molar-refractivity contribution in [1.29, 1.82) is 0 Å². The van der Waals surface area contributed by atoms with Crippen LogP contribution in [0.3, 0.4) is 0 Å². The van der Waals surface area contributed by atoms with E-state index in [2.05, 4.69) is 0 Å². The highest BCUT2D eigenvalue weighted by Gasteiger charge is 2.23. The van der Waals surface area contributed by atoms with Crippen molar-refractivity contribution in [3.05, 3.63) is 30.1 Å². The Morgan fingerprint density at radius 3 is 2.67 bits per heavy atom. The lowest BCUT2D eigenvalue weighted by Crippen LogP contribution is -2.22. The molecule has 0 saturated heterocycles. The first-order valence-corrected chi connectivity index (χ1v) is 6.01. The maximum absolute atomic E-state index is 12.9.